The van der Waals surface area contributed by atoms with Crippen LogP contribution < -0.4 is 5.73 Å². The number of phenols is 1. The van der Waals surface area contributed by atoms with Crippen molar-refractivity contribution in [2.45, 2.75) is 24.5 Å². The predicted molar refractivity (Wildman–Crippen MR) is 111 cm³/mol. The third-order valence-corrected chi connectivity index (χ3v) is 6.77. The lowest BCUT2D eigenvalue weighted by Gasteiger charge is -2.50. The minimum Gasteiger partial charge on any atom is -0.508 e. The highest BCUT2D eigenvalue weighted by atomic mass is 16.6. The molecule has 3 aliphatic rings. The second kappa shape index (κ2) is 7.12. The Balaban J connectivity index is 1.98. The van der Waals surface area contributed by atoms with E-state index in [1.54, 1.807) is 0 Å². The number of phenolic OH excluding ortho intramolecular Hbond substituents is 1. The number of likely N-dealkylation sites (N-methyl/N-ethyl adjacent to an activating group) is 1. The Bertz CT molecular complexity index is 1220. The number of ketones is 2. The summed E-state index contributed by atoms with van der Waals surface area (Å²) >= 11 is 0. The number of nitro benzene ring substituents is 1. The van der Waals surface area contributed by atoms with Crippen LogP contribution in [0.1, 0.15) is 17.5 Å². The second-order valence-corrected chi connectivity index (χ2v) is 8.69. The Morgan fingerprint density at radius 3 is 2.42 bits per heavy atom. The van der Waals surface area contributed by atoms with Crippen molar-refractivity contribution in [2.75, 3.05) is 14.1 Å². The number of Topliss-reactive ketones (excluding diaryl/α,β-unsaturated/α-hetero) is 2. The number of nitro groups is 1. The first-order chi connectivity index (χ1) is 15.3. The molecule has 4 unspecified atom stereocenters. The van der Waals surface area contributed by atoms with E-state index in [2.05, 4.69) is 0 Å². The second-order valence-electron chi connectivity index (χ2n) is 8.69. The number of nitrogens with zero attached hydrogens (tertiary/aromatic N) is 2. The molecule has 0 spiro atoms. The zero-order chi connectivity index (χ0) is 24.6. The van der Waals surface area contributed by atoms with E-state index in [0.29, 0.717) is 5.56 Å². The number of carbonyl (C=O) groups excluding carboxylic acids is 3. The predicted octanol–water partition coefficient (Wildman–Crippen LogP) is -0.128. The smallest absolute Gasteiger partial charge is 0.311 e. The molecule has 3 aliphatic carbocycles. The van der Waals surface area contributed by atoms with Gasteiger partial charge in [0.05, 0.1) is 16.5 Å². The van der Waals surface area contributed by atoms with Gasteiger partial charge in [-0.25, -0.2) is 0 Å². The van der Waals surface area contributed by atoms with Crippen LogP contribution in [0.15, 0.2) is 29.0 Å². The van der Waals surface area contributed by atoms with Crippen molar-refractivity contribution in [3.05, 3.63) is 50.3 Å². The molecule has 33 heavy (non-hydrogen) atoms. The van der Waals surface area contributed by atoms with Crippen molar-refractivity contribution in [3.63, 3.8) is 0 Å². The lowest BCUT2D eigenvalue weighted by Crippen LogP contribution is -2.65. The number of aliphatic hydroxyl groups excluding tert-OH is 2. The maximum Gasteiger partial charge on any atom is 0.311 e. The van der Waals surface area contributed by atoms with E-state index in [0.717, 1.165) is 6.07 Å². The third kappa shape index (κ3) is 2.80. The largest absolute Gasteiger partial charge is 0.508 e. The lowest BCUT2D eigenvalue weighted by atomic mass is 9.57. The van der Waals surface area contributed by atoms with Gasteiger partial charge < -0.3 is 26.2 Å². The van der Waals surface area contributed by atoms with Gasteiger partial charge in [-0.15, -0.1) is 0 Å². The van der Waals surface area contributed by atoms with Crippen molar-refractivity contribution < 1.29 is 39.7 Å². The van der Waals surface area contributed by atoms with Crippen molar-refractivity contribution in [1.29, 1.82) is 0 Å². The molecule has 1 saturated carbocycles. The molecule has 1 fully saturated rings. The van der Waals surface area contributed by atoms with Gasteiger partial charge in [0.1, 0.15) is 17.1 Å². The fraction of sp³-hybridized carbons (Fsp3) is 0.381. The number of primary amides is 1. The molecular weight excluding hydrogens is 438 g/mol. The number of hydrogen-bond acceptors (Lipinski definition) is 10. The van der Waals surface area contributed by atoms with E-state index in [4.69, 9.17) is 5.73 Å². The van der Waals surface area contributed by atoms with Crippen molar-refractivity contribution >= 4 is 28.9 Å². The van der Waals surface area contributed by atoms with Gasteiger partial charge in [-0.2, -0.15) is 0 Å². The van der Waals surface area contributed by atoms with Gasteiger partial charge in [0.25, 0.3) is 5.91 Å². The molecule has 1 aromatic rings. The zero-order valence-corrected chi connectivity index (χ0v) is 17.6. The molecule has 1 aromatic carbocycles. The van der Waals surface area contributed by atoms with E-state index in [9.17, 15) is 44.9 Å². The molecule has 12 heteroatoms. The van der Waals surface area contributed by atoms with Crippen molar-refractivity contribution in [3.8, 4) is 5.75 Å². The third-order valence-electron chi connectivity index (χ3n) is 6.77. The molecule has 12 nitrogen and oxygen atoms in total. The van der Waals surface area contributed by atoms with E-state index in [1.807, 2.05) is 0 Å². The first kappa shape index (κ1) is 22.4. The van der Waals surface area contributed by atoms with Crippen LogP contribution in [-0.4, -0.2) is 73.5 Å². The summed E-state index contributed by atoms with van der Waals surface area (Å²) in [5, 5.41) is 54.6. The number of amides is 1. The summed E-state index contributed by atoms with van der Waals surface area (Å²) < 4.78 is 0. The molecule has 174 valence electrons. The van der Waals surface area contributed by atoms with Gasteiger partial charge in [-0.1, -0.05) is 6.07 Å². The highest BCUT2D eigenvalue weighted by Crippen LogP contribution is 2.53. The number of aliphatic hydroxyl groups is 3. The van der Waals surface area contributed by atoms with Crippen LogP contribution in [0, 0.1) is 22.0 Å². The average molecular weight is 459 g/mol. The minimum absolute atomic E-state index is 0.0521. The number of carbonyl (C=O) groups is 3. The maximum atomic E-state index is 13.6. The lowest BCUT2D eigenvalue weighted by molar-refractivity contribution is -0.385. The Morgan fingerprint density at radius 1 is 1.24 bits per heavy atom. The van der Waals surface area contributed by atoms with E-state index >= 15 is 0 Å². The number of rotatable bonds is 3. The number of nitrogens with two attached hydrogens (primary N) is 1. The van der Waals surface area contributed by atoms with Crippen molar-refractivity contribution in [1.82, 2.24) is 4.90 Å². The van der Waals surface area contributed by atoms with Crippen molar-refractivity contribution in [2.24, 2.45) is 17.6 Å². The normalized spacial score (nSPS) is 29.0. The number of hydrogen-bond donors (Lipinski definition) is 5. The molecule has 0 heterocycles. The SMILES string of the molecule is CN(C)C1C(=O)C(C(N)=O)=C(O)C2(O)C(=O)C3=C(O)c4c(ccc([N+](=O)[O-])c4O)CC3CC12. The van der Waals surface area contributed by atoms with Crippen LogP contribution in [-0.2, 0) is 20.8 Å². The summed E-state index contributed by atoms with van der Waals surface area (Å²) in [5.74, 6) is -8.05. The molecule has 0 aromatic heterocycles. The summed E-state index contributed by atoms with van der Waals surface area (Å²) in [5.41, 5.74) is 0.559. The number of benzene rings is 1. The highest BCUT2D eigenvalue weighted by molar-refractivity contribution is 6.24. The van der Waals surface area contributed by atoms with E-state index in [-0.39, 0.29) is 24.0 Å². The Morgan fingerprint density at radius 2 is 1.88 bits per heavy atom. The number of aromatic hydroxyl groups is 1. The van der Waals surface area contributed by atoms with Crippen LogP contribution >= 0.6 is 0 Å². The molecule has 0 radical (unpaired) electrons. The summed E-state index contributed by atoms with van der Waals surface area (Å²) in [7, 11) is 3.01. The highest BCUT2D eigenvalue weighted by Gasteiger charge is 2.64. The zero-order valence-electron chi connectivity index (χ0n) is 17.6. The van der Waals surface area contributed by atoms with Crippen LogP contribution in [0.4, 0.5) is 5.69 Å². The summed E-state index contributed by atoms with van der Waals surface area (Å²) in [6, 6.07) is 1.25. The van der Waals surface area contributed by atoms with Crippen LogP contribution in [0.25, 0.3) is 5.76 Å². The van der Waals surface area contributed by atoms with Gasteiger partial charge in [-0.05, 0) is 38.4 Å². The molecule has 0 aliphatic heterocycles. The summed E-state index contributed by atoms with van der Waals surface area (Å²) in [6.45, 7) is 0. The molecule has 6 N–H and O–H groups in total. The topological polar surface area (TPSA) is 205 Å². The Hall–Kier alpha value is -3.77. The molecular formula is C21H21N3O9. The van der Waals surface area contributed by atoms with E-state index < -0.39 is 74.4 Å². The van der Waals surface area contributed by atoms with Gasteiger partial charge >= 0.3 is 5.69 Å². The molecule has 0 bridgehead atoms. The quantitative estimate of drug-likeness (QED) is 0.230. The Kier molecular flexibility index (Phi) is 4.84. The van der Waals surface area contributed by atoms with Gasteiger partial charge in [-0.3, -0.25) is 29.4 Å². The molecule has 4 rings (SSSR count). The standard InChI is InChI=1S/C21H21N3O9/c1-23(2)14-9-6-8-5-7-3-4-10(24(32)33)15(25)11(7)16(26)12(8)18(28)21(9,31)19(29)13(17(14)27)20(22)30/h3-4,8-9,14,25-26,29,31H,5-6H2,1-2H3,(H2,22,30). The van der Waals surface area contributed by atoms with E-state index in [1.165, 1.54) is 25.1 Å². The monoisotopic (exact) mass is 459 g/mol. The van der Waals surface area contributed by atoms with Gasteiger partial charge in [0.2, 0.25) is 11.5 Å². The molecule has 0 saturated heterocycles. The summed E-state index contributed by atoms with van der Waals surface area (Å²) in [6.07, 6.45) is 0.0175. The van der Waals surface area contributed by atoms with Crippen LogP contribution in [0.3, 0.4) is 0 Å². The van der Waals surface area contributed by atoms with Gasteiger partial charge in [0.15, 0.2) is 11.4 Å². The number of fused-ring (bicyclic) bond motifs is 3. The minimum atomic E-state index is -2.75. The first-order valence-corrected chi connectivity index (χ1v) is 9.98. The fourth-order valence-corrected chi connectivity index (χ4v) is 5.35. The van der Waals surface area contributed by atoms with Gasteiger partial charge in [0, 0.05) is 17.6 Å². The fourth-order valence-electron chi connectivity index (χ4n) is 5.35. The Labute approximate surface area is 186 Å². The molecule has 4 atom stereocenters. The average Bonchev–Trinajstić information content (AvgIpc) is 2.70. The first-order valence-electron chi connectivity index (χ1n) is 9.98. The molecule has 1 amide bonds. The van der Waals surface area contributed by atoms with Crippen LogP contribution in [0.2, 0.25) is 0 Å². The van der Waals surface area contributed by atoms with Crippen LogP contribution in [0.5, 0.6) is 5.75 Å². The maximum absolute atomic E-state index is 13.6. The summed E-state index contributed by atoms with van der Waals surface area (Å²) in [4.78, 5) is 50.2.